The first-order valence-electron chi connectivity index (χ1n) is 7.86. The van der Waals surface area contributed by atoms with Gasteiger partial charge in [-0.05, 0) is 56.7 Å². The van der Waals surface area contributed by atoms with E-state index >= 15 is 0 Å². The van der Waals surface area contributed by atoms with Crippen LogP contribution < -0.4 is 5.32 Å². The first kappa shape index (κ1) is 15.0. The summed E-state index contributed by atoms with van der Waals surface area (Å²) in [5, 5.41) is 3.59. The van der Waals surface area contributed by atoms with Crippen molar-refractivity contribution in [1.29, 1.82) is 0 Å². The lowest BCUT2D eigenvalue weighted by molar-refractivity contribution is 0.288. The molecule has 1 N–H and O–H groups in total. The molecule has 1 aromatic carbocycles. The highest BCUT2D eigenvalue weighted by Crippen LogP contribution is 2.28. The Balaban J connectivity index is 1.61. The summed E-state index contributed by atoms with van der Waals surface area (Å²) in [5.41, 5.74) is 0.825. The number of aryl methyl sites for hydroxylation is 1. The van der Waals surface area contributed by atoms with Gasteiger partial charge < -0.3 is 5.32 Å². The van der Waals surface area contributed by atoms with Gasteiger partial charge in [-0.2, -0.15) is 4.31 Å². The Labute approximate surface area is 127 Å². The number of benzene rings is 1. The third kappa shape index (κ3) is 3.47. The van der Waals surface area contributed by atoms with Crippen molar-refractivity contribution in [2.75, 3.05) is 19.6 Å². The van der Waals surface area contributed by atoms with Crippen LogP contribution in [0.1, 0.15) is 31.2 Å². The molecule has 0 atom stereocenters. The van der Waals surface area contributed by atoms with Crippen molar-refractivity contribution in [3.8, 4) is 0 Å². The van der Waals surface area contributed by atoms with Crippen molar-refractivity contribution in [2.24, 2.45) is 5.92 Å². The summed E-state index contributed by atoms with van der Waals surface area (Å²) in [7, 11) is -3.33. The van der Waals surface area contributed by atoms with Gasteiger partial charge in [0.15, 0.2) is 0 Å². The zero-order valence-electron chi connectivity index (χ0n) is 12.6. The molecule has 1 saturated carbocycles. The highest BCUT2D eigenvalue weighted by atomic mass is 32.2. The second-order valence-electron chi connectivity index (χ2n) is 6.30. The van der Waals surface area contributed by atoms with Gasteiger partial charge in [0.2, 0.25) is 10.0 Å². The number of hydrogen-bond acceptors (Lipinski definition) is 3. The summed E-state index contributed by atoms with van der Waals surface area (Å²) in [5.74, 6) is 0.874. The van der Waals surface area contributed by atoms with Gasteiger partial charge in [-0.25, -0.2) is 8.42 Å². The van der Waals surface area contributed by atoms with Crippen molar-refractivity contribution in [3.05, 3.63) is 29.8 Å². The molecule has 0 spiro atoms. The van der Waals surface area contributed by atoms with E-state index in [1.54, 1.807) is 16.4 Å². The number of rotatable bonds is 5. The molecule has 1 saturated heterocycles. The molecule has 0 radical (unpaired) electrons. The van der Waals surface area contributed by atoms with Gasteiger partial charge in [-0.1, -0.05) is 18.2 Å². The first-order chi connectivity index (χ1) is 10.1. The van der Waals surface area contributed by atoms with Crippen molar-refractivity contribution in [1.82, 2.24) is 9.62 Å². The number of nitrogens with one attached hydrogen (secondary N) is 1. The third-order valence-corrected chi connectivity index (χ3v) is 6.62. The van der Waals surface area contributed by atoms with Crippen LogP contribution in [0.2, 0.25) is 0 Å². The first-order valence-corrected chi connectivity index (χ1v) is 9.30. The topological polar surface area (TPSA) is 49.4 Å². The van der Waals surface area contributed by atoms with Crippen LogP contribution in [0.4, 0.5) is 0 Å². The molecular formula is C16H24N2O2S. The highest BCUT2D eigenvalue weighted by Gasteiger charge is 2.30. The van der Waals surface area contributed by atoms with Gasteiger partial charge in [0.25, 0.3) is 0 Å². The van der Waals surface area contributed by atoms with Gasteiger partial charge in [-0.3, -0.25) is 0 Å². The van der Waals surface area contributed by atoms with Crippen LogP contribution >= 0.6 is 0 Å². The minimum Gasteiger partial charge on any atom is -0.314 e. The molecule has 0 bridgehead atoms. The lowest BCUT2D eigenvalue weighted by Gasteiger charge is -2.32. The Morgan fingerprint density at radius 2 is 1.81 bits per heavy atom. The van der Waals surface area contributed by atoms with E-state index in [0.717, 1.165) is 30.9 Å². The Morgan fingerprint density at radius 3 is 2.43 bits per heavy atom. The van der Waals surface area contributed by atoms with E-state index in [1.165, 1.54) is 12.8 Å². The summed E-state index contributed by atoms with van der Waals surface area (Å²) < 4.78 is 27.0. The molecule has 0 amide bonds. The number of nitrogens with zero attached hydrogens (tertiary/aromatic N) is 1. The molecule has 0 unspecified atom stereocenters. The number of piperidine rings is 1. The molecule has 1 aromatic rings. The van der Waals surface area contributed by atoms with E-state index in [9.17, 15) is 8.42 Å². The largest absolute Gasteiger partial charge is 0.314 e. The summed E-state index contributed by atoms with van der Waals surface area (Å²) in [6.07, 6.45) is 4.54. The average molecular weight is 308 g/mol. The molecule has 21 heavy (non-hydrogen) atoms. The number of sulfonamides is 1. The maximum Gasteiger partial charge on any atom is 0.243 e. The van der Waals surface area contributed by atoms with Crippen molar-refractivity contribution >= 4 is 10.0 Å². The molecule has 4 nitrogen and oxygen atoms in total. The van der Waals surface area contributed by atoms with E-state index < -0.39 is 10.0 Å². The smallest absolute Gasteiger partial charge is 0.243 e. The van der Waals surface area contributed by atoms with Gasteiger partial charge in [0.1, 0.15) is 0 Å². The summed E-state index contributed by atoms with van der Waals surface area (Å²) >= 11 is 0. The van der Waals surface area contributed by atoms with Crippen LogP contribution in [0, 0.1) is 12.8 Å². The Bertz CT molecular complexity index is 588. The zero-order valence-corrected chi connectivity index (χ0v) is 13.4. The fourth-order valence-electron chi connectivity index (χ4n) is 2.94. The van der Waals surface area contributed by atoms with Crippen LogP contribution in [0.3, 0.4) is 0 Å². The van der Waals surface area contributed by atoms with Crippen LogP contribution in [-0.2, 0) is 10.0 Å². The molecule has 0 aromatic heterocycles. The Morgan fingerprint density at radius 1 is 1.14 bits per heavy atom. The monoisotopic (exact) mass is 308 g/mol. The fourth-order valence-corrected chi connectivity index (χ4v) is 4.64. The van der Waals surface area contributed by atoms with Crippen LogP contribution in [0.25, 0.3) is 0 Å². The molecule has 2 aliphatic rings. The summed E-state index contributed by atoms with van der Waals surface area (Å²) in [6.45, 7) is 4.21. The zero-order chi connectivity index (χ0) is 14.9. The minimum absolute atomic E-state index is 0.453. The lowest BCUT2D eigenvalue weighted by Crippen LogP contribution is -2.45. The van der Waals surface area contributed by atoms with Gasteiger partial charge >= 0.3 is 0 Å². The van der Waals surface area contributed by atoms with Gasteiger partial charge in [0, 0.05) is 19.1 Å². The van der Waals surface area contributed by atoms with E-state index in [2.05, 4.69) is 5.32 Å². The van der Waals surface area contributed by atoms with Crippen molar-refractivity contribution in [2.45, 2.75) is 43.5 Å². The number of hydrogen-bond donors (Lipinski definition) is 1. The second kappa shape index (κ2) is 6.07. The maximum atomic E-state index is 12.7. The standard InChI is InChI=1S/C16H24N2O2S/c1-13-4-2-3-5-16(13)21(19,20)18-10-8-15(9-11-18)17-12-14-6-7-14/h2-5,14-15,17H,6-12H2,1H3. The molecule has 116 valence electrons. The van der Waals surface area contributed by atoms with E-state index in [1.807, 2.05) is 19.1 Å². The van der Waals surface area contributed by atoms with Gasteiger partial charge in [-0.15, -0.1) is 0 Å². The second-order valence-corrected chi connectivity index (χ2v) is 8.20. The predicted octanol–water partition coefficient (Wildman–Crippen LogP) is 2.15. The van der Waals surface area contributed by atoms with E-state index in [-0.39, 0.29) is 0 Å². The highest BCUT2D eigenvalue weighted by molar-refractivity contribution is 7.89. The molecule has 3 rings (SSSR count). The Hall–Kier alpha value is -0.910. The minimum atomic E-state index is -3.33. The predicted molar refractivity (Wildman–Crippen MR) is 83.7 cm³/mol. The maximum absolute atomic E-state index is 12.7. The molecule has 1 aliphatic heterocycles. The van der Waals surface area contributed by atoms with E-state index in [0.29, 0.717) is 24.0 Å². The van der Waals surface area contributed by atoms with Crippen molar-refractivity contribution in [3.63, 3.8) is 0 Å². The quantitative estimate of drug-likeness (QED) is 0.907. The Kier molecular flexibility index (Phi) is 4.33. The summed E-state index contributed by atoms with van der Waals surface area (Å²) in [6, 6.07) is 7.72. The average Bonchev–Trinajstić information content (AvgIpc) is 3.30. The molecule has 2 fully saturated rings. The van der Waals surface area contributed by atoms with E-state index in [4.69, 9.17) is 0 Å². The molecule has 5 heteroatoms. The molecule has 1 aliphatic carbocycles. The summed E-state index contributed by atoms with van der Waals surface area (Å²) in [4.78, 5) is 0.453. The fraction of sp³-hybridized carbons (Fsp3) is 0.625. The van der Waals surface area contributed by atoms with Crippen LogP contribution in [0.5, 0.6) is 0 Å². The van der Waals surface area contributed by atoms with Gasteiger partial charge in [0.05, 0.1) is 4.90 Å². The van der Waals surface area contributed by atoms with Crippen LogP contribution in [0.15, 0.2) is 29.2 Å². The normalized spacial score (nSPS) is 21.6. The van der Waals surface area contributed by atoms with Crippen molar-refractivity contribution < 1.29 is 8.42 Å². The SMILES string of the molecule is Cc1ccccc1S(=O)(=O)N1CCC(NCC2CC2)CC1. The molecule has 1 heterocycles. The van der Waals surface area contributed by atoms with Crippen LogP contribution in [-0.4, -0.2) is 38.4 Å². The molecular weight excluding hydrogens is 284 g/mol. The third-order valence-electron chi connectivity index (χ3n) is 4.56. The lowest BCUT2D eigenvalue weighted by atomic mass is 10.1.